The van der Waals surface area contributed by atoms with Gasteiger partial charge in [0.1, 0.15) is 5.75 Å². The van der Waals surface area contributed by atoms with Crippen LogP contribution in [0.5, 0.6) is 5.75 Å². The van der Waals surface area contributed by atoms with Crippen LogP contribution in [0.4, 0.5) is 10.5 Å². The van der Waals surface area contributed by atoms with Gasteiger partial charge in [-0.15, -0.1) is 5.10 Å². The largest absolute Gasteiger partial charge is 0.497 e. The summed E-state index contributed by atoms with van der Waals surface area (Å²) in [5.74, 6) is 1.20. The monoisotopic (exact) mass is 381 g/mol. The lowest BCUT2D eigenvalue weighted by molar-refractivity contribution is 0.248. The van der Waals surface area contributed by atoms with Gasteiger partial charge in [0, 0.05) is 24.0 Å². The highest BCUT2D eigenvalue weighted by molar-refractivity contribution is 5.90. The van der Waals surface area contributed by atoms with Crippen LogP contribution in [0.1, 0.15) is 36.5 Å². The third kappa shape index (κ3) is 4.25. The van der Waals surface area contributed by atoms with Crippen molar-refractivity contribution in [2.45, 2.75) is 33.2 Å². The summed E-state index contributed by atoms with van der Waals surface area (Å²) in [6.07, 6.45) is 2.45. The van der Waals surface area contributed by atoms with Gasteiger partial charge < -0.3 is 15.4 Å². The molecule has 2 amide bonds. The van der Waals surface area contributed by atoms with Gasteiger partial charge in [-0.1, -0.05) is 13.0 Å². The summed E-state index contributed by atoms with van der Waals surface area (Å²) in [4.78, 5) is 17.0. The number of nitrogens with zero attached hydrogens (tertiary/aromatic N) is 5. The zero-order valence-corrected chi connectivity index (χ0v) is 16.3. The van der Waals surface area contributed by atoms with Crippen LogP contribution in [0.2, 0.25) is 0 Å². The smallest absolute Gasteiger partial charge is 0.319 e. The zero-order valence-electron chi connectivity index (χ0n) is 16.3. The van der Waals surface area contributed by atoms with Gasteiger partial charge in [-0.2, -0.15) is 4.68 Å². The Morgan fingerprint density at radius 1 is 1.29 bits per heavy atom. The molecule has 2 N–H and O–H groups in total. The number of carbonyl (C=O) groups is 1. The van der Waals surface area contributed by atoms with Crippen molar-refractivity contribution < 1.29 is 9.53 Å². The van der Waals surface area contributed by atoms with E-state index in [4.69, 9.17) is 4.74 Å². The van der Waals surface area contributed by atoms with E-state index in [2.05, 4.69) is 31.1 Å². The number of aromatic nitrogens is 5. The van der Waals surface area contributed by atoms with E-state index in [9.17, 15) is 4.79 Å². The SMILES string of the molecule is CCC(NC(=O)Nc1cc(OC)cc(-n2nnnc2C)c1)c1ncccc1C. The lowest BCUT2D eigenvalue weighted by Gasteiger charge is -2.19. The van der Waals surface area contributed by atoms with E-state index in [1.807, 2.05) is 26.0 Å². The molecule has 1 aromatic carbocycles. The number of ether oxygens (including phenoxy) is 1. The Balaban J connectivity index is 1.80. The van der Waals surface area contributed by atoms with Gasteiger partial charge in [0.25, 0.3) is 0 Å². The summed E-state index contributed by atoms with van der Waals surface area (Å²) in [6, 6.07) is 8.64. The fourth-order valence-electron chi connectivity index (χ4n) is 2.92. The molecule has 3 aromatic rings. The molecule has 0 bridgehead atoms. The van der Waals surface area contributed by atoms with Crippen LogP contribution in [0.3, 0.4) is 0 Å². The molecular weight excluding hydrogens is 358 g/mol. The molecule has 9 nitrogen and oxygen atoms in total. The minimum atomic E-state index is -0.329. The molecule has 146 valence electrons. The molecule has 0 saturated carbocycles. The minimum Gasteiger partial charge on any atom is -0.497 e. The number of tetrazole rings is 1. The van der Waals surface area contributed by atoms with Gasteiger partial charge in [0.05, 0.1) is 24.5 Å². The van der Waals surface area contributed by atoms with Crippen molar-refractivity contribution in [3.8, 4) is 11.4 Å². The Kier molecular flexibility index (Phi) is 5.83. The normalized spacial score (nSPS) is 11.7. The van der Waals surface area contributed by atoms with Gasteiger partial charge in [0.2, 0.25) is 0 Å². The molecule has 0 radical (unpaired) electrons. The topological polar surface area (TPSA) is 107 Å². The van der Waals surface area contributed by atoms with Crippen LogP contribution in [0.25, 0.3) is 5.69 Å². The average Bonchev–Trinajstić information content (AvgIpc) is 3.12. The maximum absolute atomic E-state index is 12.6. The highest BCUT2D eigenvalue weighted by Gasteiger charge is 2.16. The highest BCUT2D eigenvalue weighted by atomic mass is 16.5. The van der Waals surface area contributed by atoms with Crippen molar-refractivity contribution in [1.29, 1.82) is 0 Å². The van der Waals surface area contributed by atoms with Crippen molar-refractivity contribution in [2.24, 2.45) is 0 Å². The van der Waals surface area contributed by atoms with E-state index in [-0.39, 0.29) is 12.1 Å². The van der Waals surface area contributed by atoms with Crippen molar-refractivity contribution in [2.75, 3.05) is 12.4 Å². The number of nitrogens with one attached hydrogen (secondary N) is 2. The molecule has 0 aliphatic heterocycles. The lowest BCUT2D eigenvalue weighted by Crippen LogP contribution is -2.33. The number of amides is 2. The van der Waals surface area contributed by atoms with E-state index < -0.39 is 0 Å². The van der Waals surface area contributed by atoms with Crippen molar-refractivity contribution in [3.63, 3.8) is 0 Å². The van der Waals surface area contributed by atoms with Crippen LogP contribution in [0, 0.1) is 13.8 Å². The minimum absolute atomic E-state index is 0.187. The Labute approximate surface area is 163 Å². The number of rotatable bonds is 6. The third-order valence-electron chi connectivity index (χ3n) is 4.35. The van der Waals surface area contributed by atoms with Crippen LogP contribution in [-0.2, 0) is 0 Å². The van der Waals surface area contributed by atoms with Crippen LogP contribution in [0.15, 0.2) is 36.5 Å². The predicted molar refractivity (Wildman–Crippen MR) is 105 cm³/mol. The van der Waals surface area contributed by atoms with Crippen molar-refractivity contribution in [3.05, 3.63) is 53.6 Å². The van der Waals surface area contributed by atoms with Gasteiger partial charge >= 0.3 is 6.03 Å². The van der Waals surface area contributed by atoms with Gasteiger partial charge in [0.15, 0.2) is 5.82 Å². The molecule has 28 heavy (non-hydrogen) atoms. The van der Waals surface area contributed by atoms with E-state index in [0.29, 0.717) is 22.9 Å². The first-order valence-corrected chi connectivity index (χ1v) is 8.95. The first kappa shape index (κ1) is 19.3. The number of anilines is 1. The molecule has 9 heteroatoms. The van der Waals surface area contributed by atoms with Gasteiger partial charge in [-0.25, -0.2) is 4.79 Å². The number of hydrogen-bond acceptors (Lipinski definition) is 6. The van der Waals surface area contributed by atoms with E-state index >= 15 is 0 Å². The fourth-order valence-corrected chi connectivity index (χ4v) is 2.92. The van der Waals surface area contributed by atoms with Crippen molar-refractivity contribution in [1.82, 2.24) is 30.5 Å². The maximum atomic E-state index is 12.6. The Morgan fingerprint density at radius 3 is 2.75 bits per heavy atom. The first-order valence-electron chi connectivity index (χ1n) is 8.95. The molecule has 1 unspecified atom stereocenters. The van der Waals surface area contributed by atoms with Crippen molar-refractivity contribution >= 4 is 11.7 Å². The lowest BCUT2D eigenvalue weighted by atomic mass is 10.1. The number of hydrogen-bond donors (Lipinski definition) is 2. The van der Waals surface area contributed by atoms with Gasteiger partial charge in [-0.3, -0.25) is 4.98 Å². The molecule has 0 spiro atoms. The molecule has 2 aromatic heterocycles. The molecule has 3 rings (SSSR count). The average molecular weight is 381 g/mol. The number of methoxy groups -OCH3 is 1. The molecule has 0 aliphatic rings. The molecule has 0 fully saturated rings. The molecule has 0 aliphatic carbocycles. The number of benzene rings is 1. The molecule has 0 saturated heterocycles. The van der Waals surface area contributed by atoms with E-state index in [0.717, 1.165) is 17.7 Å². The number of pyridine rings is 1. The molecule has 1 atom stereocenters. The number of urea groups is 1. The van der Waals surface area contributed by atoms with Crippen LogP contribution < -0.4 is 15.4 Å². The second-order valence-electron chi connectivity index (χ2n) is 6.32. The molecule has 2 heterocycles. The molecular formula is C19H23N7O2. The van der Waals surface area contributed by atoms with Crippen LogP contribution in [-0.4, -0.2) is 38.3 Å². The summed E-state index contributed by atoms with van der Waals surface area (Å²) in [7, 11) is 1.56. The Hall–Kier alpha value is -3.49. The standard InChI is InChI=1S/C19H23N7O2/c1-5-17(18-12(2)7-6-8-20-18)22-19(27)21-14-9-15(11-16(10-14)28-4)26-13(3)23-24-25-26/h6-11,17H,5H2,1-4H3,(H2,21,22,27). The fraction of sp³-hybridized carbons (Fsp3) is 0.316. The summed E-state index contributed by atoms with van der Waals surface area (Å²) < 4.78 is 6.91. The number of aryl methyl sites for hydroxylation is 2. The Bertz CT molecular complexity index is 970. The maximum Gasteiger partial charge on any atom is 0.319 e. The predicted octanol–water partition coefficient (Wildman–Crippen LogP) is 2.96. The summed E-state index contributed by atoms with van der Waals surface area (Å²) in [5, 5.41) is 17.3. The van der Waals surface area contributed by atoms with Gasteiger partial charge in [-0.05, 0) is 48.4 Å². The zero-order chi connectivity index (χ0) is 20.1. The second kappa shape index (κ2) is 8.47. The summed E-state index contributed by atoms with van der Waals surface area (Å²) in [6.45, 7) is 5.77. The summed E-state index contributed by atoms with van der Waals surface area (Å²) >= 11 is 0. The van der Waals surface area contributed by atoms with E-state index in [1.54, 1.807) is 43.1 Å². The van der Waals surface area contributed by atoms with E-state index in [1.165, 1.54) is 0 Å². The highest BCUT2D eigenvalue weighted by Crippen LogP contribution is 2.24. The first-order chi connectivity index (χ1) is 13.5. The summed E-state index contributed by atoms with van der Waals surface area (Å²) in [5.41, 5.74) is 3.14. The Morgan fingerprint density at radius 2 is 2.11 bits per heavy atom. The third-order valence-corrected chi connectivity index (χ3v) is 4.35. The number of carbonyl (C=O) groups excluding carboxylic acids is 1. The quantitative estimate of drug-likeness (QED) is 0.680. The van der Waals surface area contributed by atoms with Crippen LogP contribution >= 0.6 is 0 Å². The second-order valence-corrected chi connectivity index (χ2v) is 6.32.